The number of carbonyl (C=O) groups is 10. The molecule has 0 aromatic rings. The first kappa shape index (κ1) is 38.8. The molecule has 0 rings (SSSR count). The van der Waals surface area contributed by atoms with Gasteiger partial charge in [0, 0.05) is 38.6 Å². The van der Waals surface area contributed by atoms with Crippen molar-refractivity contribution in [3.8, 4) is 0 Å². The fraction of sp³-hybridized carbons (Fsp3) is 0.520. The number of nitrogens with one attached hydrogen (secondary N) is 5. The van der Waals surface area contributed by atoms with Crippen LogP contribution in [0.3, 0.4) is 0 Å². The van der Waals surface area contributed by atoms with E-state index in [9.17, 15) is 47.9 Å². The number of methoxy groups -OCH3 is 1. The molecule has 0 aliphatic carbocycles. The summed E-state index contributed by atoms with van der Waals surface area (Å²) in [7, 11) is 1.37. The quantitative estimate of drug-likeness (QED) is 0.0441. The summed E-state index contributed by atoms with van der Waals surface area (Å²) in [5, 5.41) is 28.5. The van der Waals surface area contributed by atoms with Crippen LogP contribution in [0.15, 0.2) is 12.2 Å². The van der Waals surface area contributed by atoms with Crippen molar-refractivity contribution in [1.29, 1.82) is 0 Å². The van der Waals surface area contributed by atoms with Crippen LogP contribution in [-0.4, -0.2) is 114 Å². The summed E-state index contributed by atoms with van der Waals surface area (Å²) >= 11 is 0. The minimum absolute atomic E-state index is 0.0363. The lowest BCUT2D eigenvalue weighted by atomic mass is 10.1. The molecule has 0 aliphatic rings. The van der Waals surface area contributed by atoms with E-state index in [1.807, 2.05) is 5.32 Å². The third kappa shape index (κ3) is 16.9. The van der Waals surface area contributed by atoms with Crippen molar-refractivity contribution in [3.63, 3.8) is 0 Å². The van der Waals surface area contributed by atoms with Crippen molar-refractivity contribution in [2.45, 2.75) is 63.7 Å². The number of rotatable bonds is 21. The molecule has 6 amide bonds. The largest absolute Gasteiger partial charge is 0.481 e. The first-order chi connectivity index (χ1) is 20.5. The number of aliphatic carboxylic acids is 2. The molecule has 0 aromatic carbocycles. The number of carboxylic acid groups (broad SMARTS) is 2. The molecule has 0 saturated heterocycles. The van der Waals surface area contributed by atoms with Gasteiger partial charge in [-0.05, 0) is 13.8 Å². The first-order valence-corrected chi connectivity index (χ1v) is 12.8. The zero-order valence-electron chi connectivity index (χ0n) is 24.2. The Hall–Kier alpha value is -5.20. The fourth-order valence-corrected chi connectivity index (χ4v) is 3.33. The molecule has 44 heavy (non-hydrogen) atoms. The highest BCUT2D eigenvalue weighted by Gasteiger charge is 2.33. The molecule has 0 aliphatic heterocycles. The molecule has 4 atom stereocenters. The van der Waals surface area contributed by atoms with Gasteiger partial charge in [-0.15, -0.1) is 0 Å². The Morgan fingerprint density at radius 1 is 0.682 bits per heavy atom. The summed E-state index contributed by atoms with van der Waals surface area (Å²) in [6, 6.07) is -6.81. The number of Topliss-reactive ketones (excluding diaryl/α,β-unsaturated/α-hetero) is 2. The van der Waals surface area contributed by atoms with Gasteiger partial charge in [-0.2, -0.15) is 0 Å². The maximum atomic E-state index is 13.1. The van der Waals surface area contributed by atoms with Gasteiger partial charge in [-0.3, -0.25) is 43.2 Å². The van der Waals surface area contributed by atoms with Crippen LogP contribution in [0, 0.1) is 0 Å². The highest BCUT2D eigenvalue weighted by Crippen LogP contribution is 2.04. The minimum atomic E-state index is -1.72. The number of hydrogen-bond acceptors (Lipinski definition) is 11. The van der Waals surface area contributed by atoms with Crippen LogP contribution in [0.25, 0.3) is 0 Å². The molecule has 4 unspecified atom stereocenters. The third-order valence-electron chi connectivity index (χ3n) is 5.32. The van der Waals surface area contributed by atoms with Gasteiger partial charge in [0.2, 0.25) is 35.4 Å². The Bertz CT molecular complexity index is 1170. The van der Waals surface area contributed by atoms with Gasteiger partial charge in [0.15, 0.2) is 0 Å². The Kier molecular flexibility index (Phi) is 17.5. The zero-order valence-corrected chi connectivity index (χ0v) is 24.2. The molecule has 0 bridgehead atoms. The van der Waals surface area contributed by atoms with E-state index < -0.39 is 109 Å². The van der Waals surface area contributed by atoms with E-state index in [0.29, 0.717) is 12.2 Å². The Morgan fingerprint density at radius 2 is 1.14 bits per heavy atom. The van der Waals surface area contributed by atoms with Crippen LogP contribution in [0.2, 0.25) is 0 Å². The van der Waals surface area contributed by atoms with E-state index in [1.165, 1.54) is 7.11 Å². The van der Waals surface area contributed by atoms with Gasteiger partial charge < -0.3 is 47.3 Å². The number of ketones is 2. The molecule has 19 nitrogen and oxygen atoms in total. The van der Waals surface area contributed by atoms with Crippen molar-refractivity contribution < 1.29 is 62.9 Å². The average Bonchev–Trinajstić information content (AvgIpc) is 2.89. The van der Waals surface area contributed by atoms with Gasteiger partial charge in [0.25, 0.3) is 0 Å². The van der Waals surface area contributed by atoms with Crippen LogP contribution in [0.5, 0.6) is 0 Å². The van der Waals surface area contributed by atoms with E-state index >= 15 is 0 Å². The molecule has 0 radical (unpaired) electrons. The number of hydrogen-bond donors (Lipinski definition) is 8. The van der Waals surface area contributed by atoms with Crippen LogP contribution >= 0.6 is 0 Å². The second-order valence-electron chi connectivity index (χ2n) is 9.28. The fourth-order valence-electron chi connectivity index (χ4n) is 3.33. The molecule has 0 heterocycles. The number of carboxylic acids is 2. The molecular formula is C25H36N6O13. The van der Waals surface area contributed by atoms with Gasteiger partial charge in [-0.25, -0.2) is 4.79 Å². The molecule has 19 heteroatoms. The molecule has 244 valence electrons. The van der Waals surface area contributed by atoms with Crippen molar-refractivity contribution in [2.24, 2.45) is 5.73 Å². The van der Waals surface area contributed by atoms with Crippen molar-refractivity contribution in [2.75, 3.05) is 20.3 Å². The minimum Gasteiger partial charge on any atom is -0.481 e. The Labute approximate surface area is 250 Å². The summed E-state index contributed by atoms with van der Waals surface area (Å²) in [5.41, 5.74) is 5.10. The Balaban J connectivity index is 6.05. The third-order valence-corrected chi connectivity index (χ3v) is 5.32. The van der Waals surface area contributed by atoms with E-state index in [4.69, 9.17) is 20.7 Å². The van der Waals surface area contributed by atoms with E-state index in [0.717, 1.165) is 13.8 Å². The van der Waals surface area contributed by atoms with Gasteiger partial charge in [0.05, 0.1) is 19.4 Å². The SMILES string of the molecule is COCCNC(=O)CC(NC(=O)/C=C\C(=O)O)C(=O)NC(CC(C)=O)C(=O)NC(CC(C)=O)C(=O)NC(CC(=O)O)C(N)=O. The van der Waals surface area contributed by atoms with Crippen molar-refractivity contribution in [3.05, 3.63) is 12.2 Å². The highest BCUT2D eigenvalue weighted by atomic mass is 16.5. The number of carbonyl (C=O) groups excluding carboxylic acids is 8. The zero-order chi connectivity index (χ0) is 34.0. The molecular weight excluding hydrogens is 592 g/mol. The van der Waals surface area contributed by atoms with E-state index in [2.05, 4.69) is 21.3 Å². The predicted octanol–water partition coefficient (Wildman–Crippen LogP) is -4.36. The number of nitrogens with two attached hydrogens (primary N) is 1. The van der Waals surface area contributed by atoms with Gasteiger partial charge in [-0.1, -0.05) is 0 Å². The maximum Gasteiger partial charge on any atom is 0.328 e. The molecule has 9 N–H and O–H groups in total. The number of primary amides is 1. The summed E-state index contributed by atoms with van der Waals surface area (Å²) in [6.45, 7) is 2.28. The van der Waals surface area contributed by atoms with E-state index in [1.54, 1.807) is 0 Å². The monoisotopic (exact) mass is 628 g/mol. The number of amides is 6. The summed E-state index contributed by atoms with van der Waals surface area (Å²) in [4.78, 5) is 120. The first-order valence-electron chi connectivity index (χ1n) is 12.8. The summed E-state index contributed by atoms with van der Waals surface area (Å²) in [6.07, 6.45) is -1.86. The van der Waals surface area contributed by atoms with Crippen LogP contribution < -0.4 is 32.3 Å². The van der Waals surface area contributed by atoms with Crippen molar-refractivity contribution in [1.82, 2.24) is 26.6 Å². The van der Waals surface area contributed by atoms with Gasteiger partial charge in [0.1, 0.15) is 35.7 Å². The molecule has 0 saturated carbocycles. The standard InChI is InChI=1S/C25H36N6O13/c1-12(32)8-15(23(41)29-14(22(26)40)11-21(38)39)30-24(42)16(9-13(2)33)31-25(43)17(10-19(35)27-6-7-44-3)28-18(34)4-5-20(36)37/h4-5,14-17H,6-11H2,1-3H3,(H2,26,40)(H,27,35)(H,28,34)(H,29,41)(H,30,42)(H,31,43)(H,36,37)(H,38,39)/b5-4-. The summed E-state index contributed by atoms with van der Waals surface area (Å²) < 4.78 is 4.80. The smallest absolute Gasteiger partial charge is 0.328 e. The van der Waals surface area contributed by atoms with Crippen LogP contribution in [0.1, 0.15) is 39.5 Å². The normalized spacial score (nSPS) is 13.3. The molecule has 0 fully saturated rings. The lowest BCUT2D eigenvalue weighted by Crippen LogP contribution is -2.59. The van der Waals surface area contributed by atoms with Crippen molar-refractivity contribution >= 4 is 58.9 Å². The predicted molar refractivity (Wildman–Crippen MR) is 146 cm³/mol. The number of ether oxygens (including phenoxy) is 1. The lowest BCUT2D eigenvalue weighted by Gasteiger charge is -2.25. The van der Waals surface area contributed by atoms with Crippen LogP contribution in [0.4, 0.5) is 0 Å². The highest BCUT2D eigenvalue weighted by molar-refractivity contribution is 6.01. The lowest BCUT2D eigenvalue weighted by molar-refractivity contribution is -0.141. The molecule has 0 aromatic heterocycles. The second-order valence-corrected chi connectivity index (χ2v) is 9.28. The molecule has 0 spiro atoms. The average molecular weight is 629 g/mol. The topological polar surface area (TPSA) is 307 Å². The Morgan fingerprint density at radius 3 is 1.52 bits per heavy atom. The second kappa shape index (κ2) is 19.8. The van der Waals surface area contributed by atoms with Gasteiger partial charge >= 0.3 is 11.9 Å². The van der Waals surface area contributed by atoms with E-state index in [-0.39, 0.29) is 13.2 Å². The summed E-state index contributed by atoms with van der Waals surface area (Å²) in [5.74, 6) is -10.8. The maximum absolute atomic E-state index is 13.1. The van der Waals surface area contributed by atoms with Crippen LogP contribution in [-0.2, 0) is 52.7 Å².